The Hall–Kier alpha value is -4.30. The minimum Gasteiger partial charge on any atom is -0.373 e. The third-order valence-electron chi connectivity index (χ3n) is 7.63. The van der Waals surface area contributed by atoms with Crippen molar-refractivity contribution < 1.29 is 19.1 Å². The van der Waals surface area contributed by atoms with E-state index in [0.29, 0.717) is 27.2 Å². The lowest BCUT2D eigenvalue weighted by atomic mass is 10.0. The number of hydrogen-bond acceptors (Lipinski definition) is 9. The van der Waals surface area contributed by atoms with Crippen molar-refractivity contribution in [2.75, 3.05) is 11.9 Å². The molecule has 2 amide bonds. The summed E-state index contributed by atoms with van der Waals surface area (Å²) in [6, 6.07) is 11.2. The SMILES string of the molecule is Cc1nc(-c2cc(NC(=O)C3CC(F)CN3C(=O)Cn3nc(C(N)O)c4cc(-c5ccnnc5)ccc43)ccc2Cl)sc1C. The van der Waals surface area contributed by atoms with Gasteiger partial charge in [0.1, 0.15) is 35.7 Å². The maximum Gasteiger partial charge on any atom is 0.247 e. The molecule has 1 fully saturated rings. The van der Waals surface area contributed by atoms with Crippen molar-refractivity contribution in [2.45, 2.75) is 45.3 Å². The molecule has 3 atom stereocenters. The van der Waals surface area contributed by atoms with Gasteiger partial charge in [0.25, 0.3) is 0 Å². The van der Waals surface area contributed by atoms with E-state index in [2.05, 4.69) is 25.6 Å². The largest absolute Gasteiger partial charge is 0.373 e. The van der Waals surface area contributed by atoms with Gasteiger partial charge in [-0.15, -0.1) is 11.3 Å². The first kappa shape index (κ1) is 29.8. The van der Waals surface area contributed by atoms with Crippen LogP contribution in [0.1, 0.15) is 28.9 Å². The molecule has 4 N–H and O–H groups in total. The van der Waals surface area contributed by atoms with Crippen molar-refractivity contribution in [1.29, 1.82) is 0 Å². The smallest absolute Gasteiger partial charge is 0.247 e. The summed E-state index contributed by atoms with van der Waals surface area (Å²) in [6.07, 6.45) is 0.255. The summed E-state index contributed by atoms with van der Waals surface area (Å²) in [4.78, 5) is 33.8. The fraction of sp³-hybridized carbons (Fsp3) is 0.267. The molecule has 44 heavy (non-hydrogen) atoms. The highest BCUT2D eigenvalue weighted by Crippen LogP contribution is 2.35. The zero-order chi connectivity index (χ0) is 31.1. The number of benzene rings is 2. The van der Waals surface area contributed by atoms with Crippen molar-refractivity contribution >= 4 is 51.3 Å². The normalized spacial score (nSPS) is 17.3. The standard InChI is InChI=1S/C30H28ClFN8O3S/c1-15-16(2)44-30(36-15)21-11-20(4-5-23(21)31)37-29(43)25-10-19(32)13-39(25)26(41)14-40-24-6-3-17(18-7-8-34-35-12-18)9-22(24)27(38-40)28(33)42/h3-9,11-12,19,25,28,42H,10,13-14,33H2,1-2H3,(H,37,43). The number of amides is 2. The van der Waals surface area contributed by atoms with Crippen LogP contribution in [-0.2, 0) is 16.1 Å². The number of hydrogen-bond donors (Lipinski definition) is 3. The predicted molar refractivity (Wildman–Crippen MR) is 166 cm³/mol. The van der Waals surface area contributed by atoms with E-state index in [9.17, 15) is 19.1 Å². The minimum absolute atomic E-state index is 0.140. The molecule has 3 aromatic heterocycles. The summed E-state index contributed by atoms with van der Waals surface area (Å²) in [7, 11) is 0. The highest BCUT2D eigenvalue weighted by atomic mass is 35.5. The van der Waals surface area contributed by atoms with Crippen LogP contribution in [0.5, 0.6) is 0 Å². The molecule has 0 saturated carbocycles. The van der Waals surface area contributed by atoms with Crippen LogP contribution in [0.3, 0.4) is 0 Å². The number of likely N-dealkylation sites (tertiary alicyclic amines) is 1. The Balaban J connectivity index is 1.23. The number of nitrogens with two attached hydrogens (primary N) is 1. The number of nitrogens with one attached hydrogen (secondary N) is 1. The highest BCUT2D eigenvalue weighted by molar-refractivity contribution is 7.15. The van der Waals surface area contributed by atoms with E-state index in [1.807, 2.05) is 19.9 Å². The number of aromatic nitrogens is 5. The van der Waals surface area contributed by atoms with Crippen molar-refractivity contribution in [3.63, 3.8) is 0 Å². The Kier molecular flexibility index (Phi) is 8.12. The minimum atomic E-state index is -1.40. The van der Waals surface area contributed by atoms with Crippen molar-refractivity contribution in [3.05, 3.63) is 76.1 Å². The van der Waals surface area contributed by atoms with Crippen LogP contribution in [0.25, 0.3) is 32.6 Å². The molecule has 1 aliphatic rings. The number of anilines is 1. The van der Waals surface area contributed by atoms with Gasteiger partial charge >= 0.3 is 0 Å². The maximum absolute atomic E-state index is 14.7. The molecular formula is C30H28ClFN8O3S. The Labute approximate surface area is 260 Å². The van der Waals surface area contributed by atoms with Gasteiger partial charge in [0.15, 0.2) is 0 Å². The van der Waals surface area contributed by atoms with Crippen LogP contribution in [0, 0.1) is 13.8 Å². The molecule has 14 heteroatoms. The van der Waals surface area contributed by atoms with Gasteiger partial charge < -0.3 is 21.1 Å². The number of carbonyl (C=O) groups is 2. The molecule has 0 aliphatic carbocycles. The number of halogens is 2. The first-order valence-electron chi connectivity index (χ1n) is 13.8. The summed E-state index contributed by atoms with van der Waals surface area (Å²) in [5.41, 5.74) is 10.1. The van der Waals surface area contributed by atoms with Gasteiger partial charge in [-0.3, -0.25) is 14.3 Å². The third kappa shape index (κ3) is 5.78. The van der Waals surface area contributed by atoms with E-state index in [0.717, 1.165) is 26.7 Å². The zero-order valence-corrected chi connectivity index (χ0v) is 25.3. The fourth-order valence-corrected chi connectivity index (χ4v) is 6.50. The van der Waals surface area contributed by atoms with Crippen molar-refractivity contribution in [2.24, 2.45) is 5.73 Å². The summed E-state index contributed by atoms with van der Waals surface area (Å²) >= 11 is 7.93. The Morgan fingerprint density at radius 2 is 2.00 bits per heavy atom. The molecule has 2 aromatic carbocycles. The topological polar surface area (TPSA) is 152 Å². The number of aliphatic hydroxyl groups is 1. The highest BCUT2D eigenvalue weighted by Gasteiger charge is 2.40. The average molecular weight is 635 g/mol. The molecule has 1 aliphatic heterocycles. The van der Waals surface area contributed by atoms with Gasteiger partial charge in [0, 0.05) is 33.5 Å². The molecule has 0 spiro atoms. The van der Waals surface area contributed by atoms with Gasteiger partial charge in [-0.05, 0) is 55.8 Å². The van der Waals surface area contributed by atoms with Crippen molar-refractivity contribution in [1.82, 2.24) is 29.9 Å². The molecule has 1 saturated heterocycles. The first-order chi connectivity index (χ1) is 21.1. The Morgan fingerprint density at radius 1 is 1.18 bits per heavy atom. The third-order valence-corrected chi connectivity index (χ3v) is 9.06. The Morgan fingerprint density at radius 3 is 2.70 bits per heavy atom. The number of carbonyl (C=O) groups excluding carboxylic acids is 2. The fourth-order valence-electron chi connectivity index (χ4n) is 5.29. The number of thiazole rings is 1. The number of aryl methyl sites for hydroxylation is 2. The second-order valence-electron chi connectivity index (χ2n) is 10.6. The van der Waals surface area contributed by atoms with Crippen LogP contribution < -0.4 is 11.1 Å². The molecule has 0 bridgehead atoms. The van der Waals surface area contributed by atoms with E-state index < -0.39 is 30.3 Å². The van der Waals surface area contributed by atoms with Crippen LogP contribution >= 0.6 is 22.9 Å². The average Bonchev–Trinajstić information content (AvgIpc) is 3.68. The number of rotatable bonds is 7. The molecule has 4 heterocycles. The molecule has 11 nitrogen and oxygen atoms in total. The van der Waals surface area contributed by atoms with Crippen LogP contribution in [-0.4, -0.2) is 65.5 Å². The molecule has 3 unspecified atom stereocenters. The molecule has 5 aromatic rings. The molecule has 0 radical (unpaired) electrons. The number of nitrogens with zero attached hydrogens (tertiary/aromatic N) is 6. The second-order valence-corrected chi connectivity index (χ2v) is 12.2. The van der Waals surface area contributed by atoms with Crippen LogP contribution in [0.15, 0.2) is 54.9 Å². The van der Waals surface area contributed by atoms with E-state index >= 15 is 0 Å². The quantitative estimate of drug-likeness (QED) is 0.223. The molecule has 6 rings (SSSR count). The van der Waals surface area contributed by atoms with Gasteiger partial charge in [0.2, 0.25) is 11.8 Å². The number of alkyl halides is 1. The summed E-state index contributed by atoms with van der Waals surface area (Å²) in [5.74, 6) is -1.02. The van der Waals surface area contributed by atoms with Gasteiger partial charge in [-0.25, -0.2) is 9.37 Å². The summed E-state index contributed by atoms with van der Waals surface area (Å²) < 4.78 is 16.1. The van der Waals surface area contributed by atoms with Gasteiger partial charge in [-0.1, -0.05) is 17.7 Å². The summed E-state index contributed by atoms with van der Waals surface area (Å²) in [6.45, 7) is 3.36. The van der Waals surface area contributed by atoms with E-state index in [1.165, 1.54) is 20.9 Å². The lowest BCUT2D eigenvalue weighted by molar-refractivity contribution is -0.137. The number of fused-ring (bicyclic) bond motifs is 1. The Bertz CT molecular complexity index is 1860. The van der Waals surface area contributed by atoms with Crippen LogP contribution in [0.4, 0.5) is 10.1 Å². The van der Waals surface area contributed by atoms with Crippen molar-refractivity contribution in [3.8, 4) is 21.7 Å². The zero-order valence-electron chi connectivity index (χ0n) is 23.7. The lowest BCUT2D eigenvalue weighted by Crippen LogP contribution is -2.44. The van der Waals surface area contributed by atoms with Gasteiger partial charge in [0.05, 0.1) is 35.2 Å². The molecular weight excluding hydrogens is 607 g/mol. The second kappa shape index (κ2) is 12.0. The van der Waals surface area contributed by atoms with E-state index in [1.54, 1.807) is 48.8 Å². The maximum atomic E-state index is 14.7. The van der Waals surface area contributed by atoms with Gasteiger partial charge in [-0.2, -0.15) is 15.3 Å². The van der Waals surface area contributed by atoms with E-state index in [-0.39, 0.29) is 25.2 Å². The van der Waals surface area contributed by atoms with E-state index in [4.69, 9.17) is 17.3 Å². The lowest BCUT2D eigenvalue weighted by Gasteiger charge is -2.24. The monoisotopic (exact) mass is 634 g/mol. The van der Waals surface area contributed by atoms with Crippen LogP contribution in [0.2, 0.25) is 5.02 Å². The number of aliphatic hydroxyl groups excluding tert-OH is 1. The molecule has 226 valence electrons. The predicted octanol–water partition coefficient (Wildman–Crippen LogP) is 4.41. The first-order valence-corrected chi connectivity index (χ1v) is 15.0. The summed E-state index contributed by atoms with van der Waals surface area (Å²) in [5, 5.41) is 26.9.